The maximum absolute atomic E-state index is 11.9. The molecule has 8 nitrogen and oxygen atoms in total. The molecule has 0 aromatic carbocycles. The van der Waals surface area contributed by atoms with E-state index in [1.54, 1.807) is 14.1 Å². The molecule has 0 aromatic heterocycles. The second kappa shape index (κ2) is 25.6. The molecule has 3 amide bonds. The van der Waals surface area contributed by atoms with Gasteiger partial charge in [-0.15, -0.1) is 0 Å². The predicted octanol–water partition coefficient (Wildman–Crippen LogP) is 5.73. The largest absolute Gasteiger partial charge is 0.633 e. The number of unbranched alkanes of at least 4 members (excludes halogenated alkanes) is 14. The summed E-state index contributed by atoms with van der Waals surface area (Å²) in [5, 5.41) is 20.1. The summed E-state index contributed by atoms with van der Waals surface area (Å²) in [6.45, 7) is 4.69. The van der Waals surface area contributed by atoms with Crippen molar-refractivity contribution in [3.05, 3.63) is 5.21 Å². The van der Waals surface area contributed by atoms with Gasteiger partial charge in [-0.3, -0.25) is 14.4 Å². The Bertz CT molecular complexity index is 593. The number of hydrogen-bond donors (Lipinski definition) is 3. The standard InChI is InChI=1S/C30H60N4O4/c1-4-5-6-7-8-9-10-11-12-13-16-21-28(35)31-25-18-19-26-33-30(37)23-22-29(36)32-24-17-14-15-20-27-34(2,3)38/h4-27H2,1-3H3,(H,31,35)(H,32,36)(H,33,37). The Morgan fingerprint density at radius 1 is 0.500 bits per heavy atom. The molecule has 3 N–H and O–H groups in total. The number of carbonyl (C=O) groups is 3. The van der Waals surface area contributed by atoms with Crippen LogP contribution in [-0.4, -0.2) is 62.6 Å². The molecular formula is C30H60N4O4. The maximum Gasteiger partial charge on any atom is 0.220 e. The van der Waals surface area contributed by atoms with E-state index in [2.05, 4.69) is 22.9 Å². The zero-order valence-corrected chi connectivity index (χ0v) is 25.1. The van der Waals surface area contributed by atoms with E-state index in [-0.39, 0.29) is 35.2 Å². The van der Waals surface area contributed by atoms with Gasteiger partial charge in [-0.1, -0.05) is 77.6 Å². The third-order valence-corrected chi connectivity index (χ3v) is 6.78. The molecule has 0 spiro atoms. The molecule has 0 aliphatic heterocycles. The summed E-state index contributed by atoms with van der Waals surface area (Å²) in [4.78, 5) is 35.7. The fourth-order valence-corrected chi connectivity index (χ4v) is 4.35. The summed E-state index contributed by atoms with van der Waals surface area (Å²) < 4.78 is -0.255. The Hall–Kier alpha value is -1.67. The monoisotopic (exact) mass is 540 g/mol. The van der Waals surface area contributed by atoms with Gasteiger partial charge in [0.05, 0.1) is 20.6 Å². The van der Waals surface area contributed by atoms with Gasteiger partial charge in [-0.25, -0.2) is 0 Å². The van der Waals surface area contributed by atoms with Crippen molar-refractivity contribution in [1.29, 1.82) is 0 Å². The molecule has 0 radical (unpaired) electrons. The summed E-state index contributed by atoms with van der Waals surface area (Å²) in [5.41, 5.74) is 0. The fraction of sp³-hybridized carbons (Fsp3) is 0.900. The van der Waals surface area contributed by atoms with Crippen molar-refractivity contribution in [2.75, 3.05) is 40.3 Å². The van der Waals surface area contributed by atoms with Crippen LogP contribution in [0.25, 0.3) is 0 Å². The predicted molar refractivity (Wildman–Crippen MR) is 157 cm³/mol. The van der Waals surface area contributed by atoms with Gasteiger partial charge in [0.2, 0.25) is 17.7 Å². The number of carbonyl (C=O) groups excluding carboxylic acids is 3. The highest BCUT2D eigenvalue weighted by atomic mass is 16.5. The Morgan fingerprint density at radius 3 is 1.29 bits per heavy atom. The van der Waals surface area contributed by atoms with Gasteiger partial charge in [0.15, 0.2) is 0 Å². The van der Waals surface area contributed by atoms with Crippen LogP contribution >= 0.6 is 0 Å². The smallest absolute Gasteiger partial charge is 0.220 e. The van der Waals surface area contributed by atoms with Crippen molar-refractivity contribution in [3.63, 3.8) is 0 Å². The van der Waals surface area contributed by atoms with Crippen LogP contribution < -0.4 is 16.0 Å². The first kappa shape index (κ1) is 36.3. The van der Waals surface area contributed by atoms with Crippen LogP contribution in [0.15, 0.2) is 0 Å². The average molecular weight is 541 g/mol. The lowest BCUT2D eigenvalue weighted by atomic mass is 10.1. The SMILES string of the molecule is CCCCCCCCCCCCCC(=O)NCCCCNC(=O)CCC(=O)NCCCCCC[N+](C)(C)[O-]. The summed E-state index contributed by atoms with van der Waals surface area (Å²) in [6, 6.07) is 0. The van der Waals surface area contributed by atoms with Crippen LogP contribution in [0, 0.1) is 5.21 Å². The van der Waals surface area contributed by atoms with Crippen LogP contribution in [0.3, 0.4) is 0 Å². The zero-order valence-electron chi connectivity index (χ0n) is 25.1. The van der Waals surface area contributed by atoms with E-state index in [1.165, 1.54) is 57.8 Å². The van der Waals surface area contributed by atoms with E-state index < -0.39 is 0 Å². The van der Waals surface area contributed by atoms with Crippen LogP contribution in [0.4, 0.5) is 0 Å². The highest BCUT2D eigenvalue weighted by molar-refractivity contribution is 5.83. The van der Waals surface area contributed by atoms with Crippen molar-refractivity contribution < 1.29 is 19.0 Å². The maximum atomic E-state index is 11.9. The van der Waals surface area contributed by atoms with Crippen LogP contribution in [-0.2, 0) is 14.4 Å². The number of rotatable bonds is 27. The fourth-order valence-electron chi connectivity index (χ4n) is 4.35. The van der Waals surface area contributed by atoms with Gasteiger partial charge in [-0.2, -0.15) is 0 Å². The second-order valence-electron chi connectivity index (χ2n) is 11.3. The third-order valence-electron chi connectivity index (χ3n) is 6.78. The van der Waals surface area contributed by atoms with Crippen LogP contribution in [0.5, 0.6) is 0 Å². The van der Waals surface area contributed by atoms with E-state index in [9.17, 15) is 19.6 Å². The topological polar surface area (TPSA) is 110 Å². The van der Waals surface area contributed by atoms with E-state index in [0.29, 0.717) is 32.6 Å². The van der Waals surface area contributed by atoms with Crippen molar-refractivity contribution in [1.82, 2.24) is 16.0 Å². The molecule has 0 atom stereocenters. The zero-order chi connectivity index (χ0) is 28.3. The summed E-state index contributed by atoms with van der Waals surface area (Å²) >= 11 is 0. The number of nitrogens with one attached hydrogen (secondary N) is 3. The average Bonchev–Trinajstić information content (AvgIpc) is 2.86. The Labute approximate surface area is 233 Å². The first-order chi connectivity index (χ1) is 18.2. The second-order valence-corrected chi connectivity index (χ2v) is 11.3. The molecule has 0 aliphatic rings. The van der Waals surface area contributed by atoms with Crippen molar-refractivity contribution in [3.8, 4) is 0 Å². The molecule has 0 heterocycles. The highest BCUT2D eigenvalue weighted by Gasteiger charge is 2.07. The quantitative estimate of drug-likeness (QED) is 0.0702. The van der Waals surface area contributed by atoms with E-state index >= 15 is 0 Å². The van der Waals surface area contributed by atoms with Crippen molar-refractivity contribution in [2.45, 2.75) is 135 Å². The van der Waals surface area contributed by atoms with Gasteiger partial charge in [0, 0.05) is 38.9 Å². The molecule has 0 bridgehead atoms. The lowest BCUT2D eigenvalue weighted by molar-refractivity contribution is -0.840. The van der Waals surface area contributed by atoms with Crippen LogP contribution in [0.2, 0.25) is 0 Å². The minimum Gasteiger partial charge on any atom is -0.633 e. The lowest BCUT2D eigenvalue weighted by Gasteiger charge is -2.33. The van der Waals surface area contributed by atoms with E-state index in [0.717, 1.165) is 51.4 Å². The molecule has 0 aromatic rings. The van der Waals surface area contributed by atoms with Gasteiger partial charge in [0.1, 0.15) is 0 Å². The molecule has 0 unspecified atom stereocenters. The summed E-state index contributed by atoms with van der Waals surface area (Å²) in [6.07, 6.45) is 20.5. The molecule has 0 saturated heterocycles. The van der Waals surface area contributed by atoms with Crippen molar-refractivity contribution >= 4 is 17.7 Å². The number of hydroxylamine groups is 3. The van der Waals surface area contributed by atoms with Gasteiger partial charge < -0.3 is 25.8 Å². The molecule has 0 rings (SSSR count). The number of quaternary nitrogens is 1. The lowest BCUT2D eigenvalue weighted by Crippen LogP contribution is -2.33. The Kier molecular flexibility index (Phi) is 24.5. The Balaban J connectivity index is 3.42. The molecular weight excluding hydrogens is 480 g/mol. The Morgan fingerprint density at radius 2 is 0.842 bits per heavy atom. The van der Waals surface area contributed by atoms with E-state index in [1.807, 2.05) is 0 Å². The first-order valence-electron chi connectivity index (χ1n) is 15.6. The highest BCUT2D eigenvalue weighted by Crippen LogP contribution is 2.12. The molecule has 8 heteroatoms. The minimum absolute atomic E-state index is 0.0991. The third kappa shape index (κ3) is 28.9. The van der Waals surface area contributed by atoms with Gasteiger partial charge in [0.25, 0.3) is 0 Å². The summed E-state index contributed by atoms with van der Waals surface area (Å²) in [5.74, 6) is -0.0845. The van der Waals surface area contributed by atoms with E-state index in [4.69, 9.17) is 0 Å². The van der Waals surface area contributed by atoms with Gasteiger partial charge >= 0.3 is 0 Å². The minimum atomic E-state index is -0.255. The molecule has 224 valence electrons. The number of amides is 3. The van der Waals surface area contributed by atoms with Crippen LogP contribution in [0.1, 0.15) is 135 Å². The first-order valence-corrected chi connectivity index (χ1v) is 15.6. The number of hydrogen-bond acceptors (Lipinski definition) is 4. The number of nitrogens with zero attached hydrogens (tertiary/aromatic N) is 1. The summed E-state index contributed by atoms with van der Waals surface area (Å²) in [7, 11) is 3.30. The van der Waals surface area contributed by atoms with Crippen molar-refractivity contribution in [2.24, 2.45) is 0 Å². The molecule has 0 fully saturated rings. The normalized spacial score (nSPS) is 11.4. The molecule has 0 aliphatic carbocycles. The molecule has 0 saturated carbocycles. The van der Waals surface area contributed by atoms with Gasteiger partial charge in [-0.05, 0) is 38.5 Å². The molecule has 38 heavy (non-hydrogen) atoms.